The van der Waals surface area contributed by atoms with Gasteiger partial charge in [0.05, 0.1) is 28.5 Å². The summed E-state index contributed by atoms with van der Waals surface area (Å²) in [7, 11) is 0. The van der Waals surface area contributed by atoms with Gasteiger partial charge in [-0.05, 0) is 34.8 Å². The topological polar surface area (TPSA) is 49.9 Å². The molecule has 22 heavy (non-hydrogen) atoms. The number of halogens is 1. The van der Waals surface area contributed by atoms with E-state index in [0.717, 1.165) is 23.2 Å². The highest BCUT2D eigenvalue weighted by Crippen LogP contribution is 2.25. The van der Waals surface area contributed by atoms with Crippen LogP contribution in [-0.2, 0) is 9.53 Å². The molecule has 1 atom stereocenters. The van der Waals surface area contributed by atoms with Gasteiger partial charge in [-0.15, -0.1) is 11.3 Å². The van der Waals surface area contributed by atoms with E-state index >= 15 is 0 Å². The molecule has 2 saturated heterocycles. The Morgan fingerprint density at radius 3 is 2.68 bits per heavy atom. The highest BCUT2D eigenvalue weighted by molar-refractivity contribution is 9.11. The molecule has 2 amide bonds. The maximum Gasteiger partial charge on any atom is 0.254 e. The van der Waals surface area contributed by atoms with E-state index in [2.05, 4.69) is 15.9 Å². The second-order valence-electron chi connectivity index (χ2n) is 5.67. The van der Waals surface area contributed by atoms with Crippen LogP contribution in [0.1, 0.15) is 23.2 Å². The molecule has 0 spiro atoms. The molecule has 0 saturated carbocycles. The molecule has 7 heteroatoms. The lowest BCUT2D eigenvalue weighted by molar-refractivity contribution is -0.141. The molecule has 0 bridgehead atoms. The minimum Gasteiger partial charge on any atom is -0.378 e. The fourth-order valence-electron chi connectivity index (χ4n) is 3.01. The van der Waals surface area contributed by atoms with E-state index in [9.17, 15) is 9.59 Å². The monoisotopic (exact) mass is 386 g/mol. The second kappa shape index (κ2) is 7.10. The largest absolute Gasteiger partial charge is 0.378 e. The summed E-state index contributed by atoms with van der Waals surface area (Å²) in [6, 6.07) is 1.85. The summed E-state index contributed by atoms with van der Waals surface area (Å²) in [6.45, 7) is 3.83. The van der Waals surface area contributed by atoms with Crippen molar-refractivity contribution in [2.24, 2.45) is 5.92 Å². The Bertz CT molecular complexity index is 557. The Morgan fingerprint density at radius 2 is 2.00 bits per heavy atom. The summed E-state index contributed by atoms with van der Waals surface area (Å²) in [5.41, 5.74) is 0.705. The lowest BCUT2D eigenvalue weighted by atomic mass is 9.96. The molecule has 2 aliphatic rings. The van der Waals surface area contributed by atoms with Crippen molar-refractivity contribution in [3.8, 4) is 0 Å². The fraction of sp³-hybridized carbons (Fsp3) is 0.600. The molecular formula is C15H19BrN2O3S. The zero-order chi connectivity index (χ0) is 15.5. The van der Waals surface area contributed by atoms with Crippen molar-refractivity contribution in [3.63, 3.8) is 0 Å². The van der Waals surface area contributed by atoms with Crippen LogP contribution >= 0.6 is 27.3 Å². The van der Waals surface area contributed by atoms with Crippen molar-refractivity contribution in [2.75, 3.05) is 39.4 Å². The van der Waals surface area contributed by atoms with Gasteiger partial charge >= 0.3 is 0 Å². The van der Waals surface area contributed by atoms with Crippen molar-refractivity contribution in [1.29, 1.82) is 0 Å². The number of carbonyl (C=O) groups excluding carboxylic acids is 2. The van der Waals surface area contributed by atoms with Crippen molar-refractivity contribution in [2.45, 2.75) is 12.8 Å². The number of piperidine rings is 1. The quantitative estimate of drug-likeness (QED) is 0.782. The highest BCUT2D eigenvalue weighted by Gasteiger charge is 2.32. The van der Waals surface area contributed by atoms with E-state index in [1.807, 2.05) is 21.2 Å². The van der Waals surface area contributed by atoms with Crippen LogP contribution in [0, 0.1) is 5.92 Å². The van der Waals surface area contributed by atoms with Crippen LogP contribution in [-0.4, -0.2) is 61.0 Å². The summed E-state index contributed by atoms with van der Waals surface area (Å²) in [5, 5.41) is 1.86. The summed E-state index contributed by atoms with van der Waals surface area (Å²) in [5.74, 6) is 0.131. The van der Waals surface area contributed by atoms with Gasteiger partial charge < -0.3 is 14.5 Å². The van der Waals surface area contributed by atoms with E-state index in [-0.39, 0.29) is 17.7 Å². The first-order valence-electron chi connectivity index (χ1n) is 7.55. The van der Waals surface area contributed by atoms with E-state index in [0.29, 0.717) is 38.4 Å². The molecule has 5 nitrogen and oxygen atoms in total. The zero-order valence-corrected chi connectivity index (χ0v) is 14.7. The van der Waals surface area contributed by atoms with Gasteiger partial charge in [-0.25, -0.2) is 0 Å². The van der Waals surface area contributed by atoms with E-state index in [1.54, 1.807) is 0 Å². The Morgan fingerprint density at radius 1 is 1.23 bits per heavy atom. The standard InChI is InChI=1S/C15H19BrN2O3S/c16-13-8-12(10-22-13)15(20)18-3-1-2-11(9-18)14(19)17-4-6-21-7-5-17/h8,10-11H,1-7,9H2. The molecular weight excluding hydrogens is 368 g/mol. The van der Waals surface area contributed by atoms with Gasteiger partial charge in [0.25, 0.3) is 5.91 Å². The lowest BCUT2D eigenvalue weighted by Crippen LogP contribution is -2.49. The Kier molecular flexibility index (Phi) is 5.15. The van der Waals surface area contributed by atoms with Crippen molar-refractivity contribution in [1.82, 2.24) is 9.80 Å². The lowest BCUT2D eigenvalue weighted by Gasteiger charge is -2.36. The maximum atomic E-state index is 12.6. The first-order chi connectivity index (χ1) is 10.6. The van der Waals surface area contributed by atoms with Crippen LogP contribution in [0.15, 0.2) is 15.2 Å². The summed E-state index contributed by atoms with van der Waals surface area (Å²) in [4.78, 5) is 28.8. The Labute approximate surface area is 142 Å². The molecule has 0 radical (unpaired) electrons. The molecule has 2 aliphatic heterocycles. The number of hydrogen-bond donors (Lipinski definition) is 0. The van der Waals surface area contributed by atoms with Gasteiger partial charge in [0.1, 0.15) is 0 Å². The summed E-state index contributed by atoms with van der Waals surface area (Å²) < 4.78 is 6.25. The van der Waals surface area contributed by atoms with E-state index in [4.69, 9.17) is 4.74 Å². The average molecular weight is 387 g/mol. The number of rotatable bonds is 2. The number of carbonyl (C=O) groups is 2. The molecule has 0 aliphatic carbocycles. The number of amides is 2. The predicted octanol–water partition coefficient (Wildman–Crippen LogP) is 2.22. The third-order valence-corrected chi connectivity index (χ3v) is 5.70. The maximum absolute atomic E-state index is 12.6. The van der Waals surface area contributed by atoms with Crippen LogP contribution in [0.25, 0.3) is 0 Å². The number of morpholine rings is 1. The SMILES string of the molecule is O=C(c1csc(Br)c1)N1CCCC(C(=O)N2CCOCC2)C1. The van der Waals surface area contributed by atoms with E-state index < -0.39 is 0 Å². The molecule has 1 aromatic rings. The van der Waals surface area contributed by atoms with E-state index in [1.165, 1.54) is 11.3 Å². The first kappa shape index (κ1) is 16.0. The van der Waals surface area contributed by atoms with Gasteiger partial charge in [0, 0.05) is 31.6 Å². The number of ether oxygens (including phenoxy) is 1. The first-order valence-corrected chi connectivity index (χ1v) is 9.22. The Hall–Kier alpha value is -0.920. The molecule has 1 unspecified atom stereocenters. The summed E-state index contributed by atoms with van der Waals surface area (Å²) in [6.07, 6.45) is 1.76. The number of nitrogens with zero attached hydrogens (tertiary/aromatic N) is 2. The average Bonchev–Trinajstić information content (AvgIpc) is 3.01. The molecule has 120 valence electrons. The number of hydrogen-bond acceptors (Lipinski definition) is 4. The van der Waals surface area contributed by atoms with Gasteiger partial charge in [0.2, 0.25) is 5.91 Å². The molecule has 3 heterocycles. The van der Waals surface area contributed by atoms with Crippen molar-refractivity contribution >= 4 is 39.1 Å². The van der Waals surface area contributed by atoms with Gasteiger partial charge in [0.15, 0.2) is 0 Å². The molecule has 1 aromatic heterocycles. The molecule has 2 fully saturated rings. The number of likely N-dealkylation sites (tertiary alicyclic amines) is 1. The summed E-state index contributed by atoms with van der Waals surface area (Å²) >= 11 is 4.89. The van der Waals surface area contributed by atoms with Crippen molar-refractivity contribution < 1.29 is 14.3 Å². The van der Waals surface area contributed by atoms with Crippen LogP contribution in [0.2, 0.25) is 0 Å². The molecule has 0 N–H and O–H groups in total. The van der Waals surface area contributed by atoms with Crippen molar-refractivity contribution in [3.05, 3.63) is 20.8 Å². The highest BCUT2D eigenvalue weighted by atomic mass is 79.9. The fourth-order valence-corrected chi connectivity index (χ4v) is 4.14. The smallest absolute Gasteiger partial charge is 0.254 e. The van der Waals surface area contributed by atoms with Crippen LogP contribution < -0.4 is 0 Å². The van der Waals surface area contributed by atoms with Gasteiger partial charge in [-0.2, -0.15) is 0 Å². The Balaban J connectivity index is 1.63. The zero-order valence-electron chi connectivity index (χ0n) is 12.3. The van der Waals surface area contributed by atoms with Crippen LogP contribution in [0.5, 0.6) is 0 Å². The predicted molar refractivity (Wildman–Crippen MR) is 88.0 cm³/mol. The molecule has 0 aromatic carbocycles. The minimum atomic E-state index is -0.0714. The second-order valence-corrected chi connectivity index (χ2v) is 7.96. The minimum absolute atomic E-state index is 0.0291. The number of thiophene rings is 1. The van der Waals surface area contributed by atoms with Gasteiger partial charge in [-0.1, -0.05) is 0 Å². The third kappa shape index (κ3) is 3.52. The van der Waals surface area contributed by atoms with Crippen LogP contribution in [0.3, 0.4) is 0 Å². The van der Waals surface area contributed by atoms with Gasteiger partial charge in [-0.3, -0.25) is 9.59 Å². The molecule has 3 rings (SSSR count). The normalized spacial score (nSPS) is 22.7. The third-order valence-electron chi connectivity index (χ3n) is 4.20. The van der Waals surface area contributed by atoms with Crippen LogP contribution in [0.4, 0.5) is 0 Å².